The van der Waals surface area contributed by atoms with Gasteiger partial charge in [0.05, 0.1) is 0 Å². The average molecular weight is 231 g/mol. The second kappa shape index (κ2) is 4.66. The number of halogens is 4. The smallest absolute Gasteiger partial charge is 0.301 e. The van der Waals surface area contributed by atoms with E-state index in [0.29, 0.717) is 0 Å². The van der Waals surface area contributed by atoms with Crippen LogP contribution in [0.3, 0.4) is 0 Å². The van der Waals surface area contributed by atoms with E-state index in [9.17, 15) is 13.2 Å². The van der Waals surface area contributed by atoms with Gasteiger partial charge in [0.1, 0.15) is 0 Å². The van der Waals surface area contributed by atoms with E-state index in [1.54, 1.807) is 5.49 Å². The predicted octanol–water partition coefficient (Wildman–Crippen LogP) is 2.60. The van der Waals surface area contributed by atoms with Crippen molar-refractivity contribution >= 4 is 33.1 Å². The molecule has 1 rings (SSSR count). The van der Waals surface area contributed by atoms with Gasteiger partial charge in [-0.05, 0) is 11.6 Å². The van der Waals surface area contributed by atoms with Crippen molar-refractivity contribution in [2.45, 2.75) is 6.42 Å². The van der Waals surface area contributed by atoms with Crippen molar-refractivity contribution in [1.29, 1.82) is 0 Å². The second-order valence-corrected chi connectivity index (χ2v) is 4.15. The monoisotopic (exact) mass is 230 g/mol. The van der Waals surface area contributed by atoms with Gasteiger partial charge in [-0.15, -0.1) is 0 Å². The molecule has 0 bridgehead atoms. The summed E-state index contributed by atoms with van der Waals surface area (Å²) in [6.45, 7) is 0. The molecule has 1 aliphatic heterocycles. The van der Waals surface area contributed by atoms with E-state index in [1.807, 2.05) is 0 Å². The van der Waals surface area contributed by atoms with Crippen LogP contribution in [0.4, 0.5) is 13.2 Å². The van der Waals surface area contributed by atoms with Gasteiger partial charge in [-0.3, -0.25) is 0 Å². The number of hydrogen-bond donors (Lipinski definition) is 1. The molecule has 1 heterocycles. The molecule has 74 valence electrons. The minimum absolute atomic E-state index is 0.215. The first-order valence-electron chi connectivity index (χ1n) is 3.33. The lowest BCUT2D eigenvalue weighted by molar-refractivity contribution is 0.373. The van der Waals surface area contributed by atoms with Crippen molar-refractivity contribution in [2.75, 3.05) is 5.75 Å². The van der Waals surface area contributed by atoms with Crippen molar-refractivity contribution in [3.8, 4) is 0 Å². The molecule has 2 nitrogen and oxygen atoms in total. The van der Waals surface area contributed by atoms with Crippen LogP contribution in [0.25, 0.3) is 0 Å². The number of allylic oxidation sites excluding steroid dienone is 1. The first kappa shape index (κ1) is 10.6. The Bertz CT molecular complexity index is 296. The molecule has 7 heteroatoms. The van der Waals surface area contributed by atoms with E-state index in [2.05, 4.69) is 9.71 Å². The molecule has 13 heavy (non-hydrogen) atoms. The Morgan fingerprint density at radius 1 is 1.54 bits per heavy atom. The summed E-state index contributed by atoms with van der Waals surface area (Å²) in [6.07, 6.45) is -2.57. The molecule has 0 saturated heterocycles. The normalized spacial score (nSPS) is 20.3. The van der Waals surface area contributed by atoms with E-state index in [1.165, 1.54) is 0 Å². The lowest BCUT2D eigenvalue weighted by Crippen LogP contribution is -2.09. The summed E-state index contributed by atoms with van der Waals surface area (Å²) in [5, 5.41) is 2.82. The van der Waals surface area contributed by atoms with Crippen LogP contribution >= 0.6 is 22.3 Å². The topological polar surface area (TPSA) is 24.4 Å². The van der Waals surface area contributed by atoms with Crippen molar-refractivity contribution in [2.24, 2.45) is 4.40 Å². The maximum Gasteiger partial charge on any atom is 0.301 e. The standard InChI is InChI=1S/C6H6ClF3N2S/c7-6-11-3-13(12-6)2-1-4(8)5(9)10/h3H,1-2H2,(H,11,12). The van der Waals surface area contributed by atoms with Gasteiger partial charge in [0, 0.05) is 17.7 Å². The molecule has 0 aromatic rings. The number of nitrogens with one attached hydrogen (secondary N) is 1. The zero-order valence-corrected chi connectivity index (χ0v) is 7.93. The Balaban J connectivity index is 2.41. The second-order valence-electron chi connectivity index (χ2n) is 2.16. The van der Waals surface area contributed by atoms with Crippen molar-refractivity contribution < 1.29 is 13.2 Å². The quantitative estimate of drug-likeness (QED) is 0.585. The van der Waals surface area contributed by atoms with E-state index >= 15 is 0 Å². The van der Waals surface area contributed by atoms with Gasteiger partial charge in [0.2, 0.25) is 5.29 Å². The van der Waals surface area contributed by atoms with Crippen molar-refractivity contribution in [3.05, 3.63) is 11.9 Å². The van der Waals surface area contributed by atoms with Gasteiger partial charge in [-0.25, -0.2) is 4.39 Å². The first-order chi connectivity index (χ1) is 6.09. The number of nitrogens with zero attached hydrogens (tertiary/aromatic N) is 1. The highest BCUT2D eigenvalue weighted by atomic mass is 35.5. The maximum atomic E-state index is 12.3. The third kappa shape index (κ3) is 3.40. The summed E-state index contributed by atoms with van der Waals surface area (Å²) in [5.41, 5.74) is 1.56. The Hall–Kier alpha value is -0.490. The van der Waals surface area contributed by atoms with E-state index in [4.69, 9.17) is 11.6 Å². The van der Waals surface area contributed by atoms with E-state index in [0.717, 1.165) is 0 Å². The highest BCUT2D eigenvalue weighted by Gasteiger charge is 2.08. The summed E-state index contributed by atoms with van der Waals surface area (Å²) >= 11 is 5.45. The van der Waals surface area contributed by atoms with Crippen LogP contribution < -0.4 is 5.32 Å². The molecule has 1 atom stereocenters. The fourth-order valence-corrected chi connectivity index (χ4v) is 2.21. The summed E-state index contributed by atoms with van der Waals surface area (Å²) in [6, 6.07) is 0. The fourth-order valence-electron chi connectivity index (χ4n) is 0.666. The van der Waals surface area contributed by atoms with Crippen LogP contribution in [-0.2, 0) is 0 Å². The Morgan fingerprint density at radius 3 is 2.69 bits per heavy atom. The van der Waals surface area contributed by atoms with Gasteiger partial charge in [-0.2, -0.15) is 13.2 Å². The lowest BCUT2D eigenvalue weighted by atomic mass is 10.4. The van der Waals surface area contributed by atoms with Gasteiger partial charge < -0.3 is 5.32 Å². The van der Waals surface area contributed by atoms with Gasteiger partial charge in [-0.1, -0.05) is 10.7 Å². The molecule has 0 aliphatic carbocycles. The molecular formula is C6H6ClF3N2S. The third-order valence-electron chi connectivity index (χ3n) is 1.25. The summed E-state index contributed by atoms with van der Waals surface area (Å²) in [4.78, 5) is 0. The van der Waals surface area contributed by atoms with E-state index in [-0.39, 0.29) is 17.5 Å². The van der Waals surface area contributed by atoms with Gasteiger partial charge >= 0.3 is 6.08 Å². The number of hydrogen-bond acceptors (Lipinski definition) is 2. The summed E-state index contributed by atoms with van der Waals surface area (Å²) in [5.74, 6) is -1.16. The van der Waals surface area contributed by atoms with Crippen LogP contribution in [0.2, 0.25) is 0 Å². The van der Waals surface area contributed by atoms with E-state index < -0.39 is 22.6 Å². The van der Waals surface area contributed by atoms with Gasteiger partial charge in [0.15, 0.2) is 5.83 Å². The fraction of sp³-hybridized carbons (Fsp3) is 0.333. The molecule has 1 aliphatic rings. The van der Waals surface area contributed by atoms with Crippen LogP contribution in [0.5, 0.6) is 0 Å². The minimum Gasteiger partial charge on any atom is -0.330 e. The highest BCUT2D eigenvalue weighted by molar-refractivity contribution is 8.14. The Morgan fingerprint density at radius 2 is 2.23 bits per heavy atom. The largest absolute Gasteiger partial charge is 0.330 e. The Kier molecular flexibility index (Phi) is 3.80. The minimum atomic E-state index is -2.26. The van der Waals surface area contributed by atoms with Crippen LogP contribution in [0, 0.1) is 0 Å². The van der Waals surface area contributed by atoms with Crippen LogP contribution in [0.1, 0.15) is 6.42 Å². The van der Waals surface area contributed by atoms with Crippen molar-refractivity contribution in [1.82, 2.24) is 5.32 Å². The molecular weight excluding hydrogens is 225 g/mol. The molecule has 0 aromatic heterocycles. The molecule has 0 amide bonds. The first-order valence-corrected chi connectivity index (χ1v) is 5.12. The average Bonchev–Trinajstić information content (AvgIpc) is 2.47. The molecule has 0 radical (unpaired) electrons. The molecule has 1 N–H and O–H groups in total. The summed E-state index contributed by atoms with van der Waals surface area (Å²) in [7, 11) is -0.582. The lowest BCUT2D eigenvalue weighted by Gasteiger charge is -1.96. The maximum absolute atomic E-state index is 12.3. The SMILES string of the molecule is FC(F)=C(F)CCS1=CNC(Cl)=N1. The van der Waals surface area contributed by atoms with Crippen LogP contribution in [0.15, 0.2) is 16.3 Å². The number of amidine groups is 1. The molecule has 0 fully saturated rings. The molecule has 1 unspecified atom stereocenters. The van der Waals surface area contributed by atoms with Crippen molar-refractivity contribution in [3.63, 3.8) is 0 Å². The zero-order valence-electron chi connectivity index (χ0n) is 6.36. The highest BCUT2D eigenvalue weighted by Crippen LogP contribution is 2.23. The molecule has 0 spiro atoms. The molecule has 0 aromatic carbocycles. The number of rotatable bonds is 3. The van der Waals surface area contributed by atoms with Gasteiger partial charge in [0.25, 0.3) is 0 Å². The predicted molar refractivity (Wildman–Crippen MR) is 49.9 cm³/mol. The summed E-state index contributed by atoms with van der Waals surface area (Å²) < 4.78 is 39.3. The Labute approximate surface area is 80.5 Å². The third-order valence-corrected chi connectivity index (χ3v) is 2.97. The zero-order chi connectivity index (χ0) is 9.84. The molecule has 0 saturated carbocycles. The van der Waals surface area contributed by atoms with Crippen LogP contribution in [-0.4, -0.2) is 16.5 Å².